The zero-order valence-corrected chi connectivity index (χ0v) is 14.4. The number of carbonyl (C=O) groups excluding carboxylic acids is 1. The average Bonchev–Trinajstić information content (AvgIpc) is 3.17. The van der Waals surface area contributed by atoms with Gasteiger partial charge >= 0.3 is 0 Å². The summed E-state index contributed by atoms with van der Waals surface area (Å²) in [6.45, 7) is 1.80. The lowest BCUT2D eigenvalue weighted by atomic mass is 9.93. The van der Waals surface area contributed by atoms with Gasteiger partial charge < -0.3 is 15.2 Å². The molecule has 4 rings (SSSR count). The second-order valence-corrected chi connectivity index (χ2v) is 6.65. The van der Waals surface area contributed by atoms with Crippen LogP contribution in [0.5, 0.6) is 0 Å². The van der Waals surface area contributed by atoms with Crippen molar-refractivity contribution in [1.82, 2.24) is 10.5 Å². The van der Waals surface area contributed by atoms with Crippen LogP contribution in [0.25, 0.3) is 0 Å². The summed E-state index contributed by atoms with van der Waals surface area (Å²) in [6.07, 6.45) is 5.14. The van der Waals surface area contributed by atoms with E-state index in [1.54, 1.807) is 13.0 Å². The van der Waals surface area contributed by atoms with Gasteiger partial charge in [-0.05, 0) is 43.9 Å². The molecule has 1 aromatic carbocycles. The molecule has 2 aromatic rings. The zero-order valence-electron chi connectivity index (χ0n) is 13.6. The maximum Gasteiger partial charge on any atom is 0.256 e. The van der Waals surface area contributed by atoms with E-state index in [-0.39, 0.29) is 18.3 Å². The Kier molecular flexibility index (Phi) is 4.92. The molecule has 1 amide bonds. The van der Waals surface area contributed by atoms with Crippen molar-refractivity contribution in [1.29, 1.82) is 0 Å². The van der Waals surface area contributed by atoms with Crippen molar-refractivity contribution < 1.29 is 9.32 Å². The van der Waals surface area contributed by atoms with Gasteiger partial charge in [0.25, 0.3) is 5.91 Å². The van der Waals surface area contributed by atoms with Gasteiger partial charge in [0.15, 0.2) is 5.82 Å². The number of hydrogen-bond donors (Lipinski definition) is 2. The van der Waals surface area contributed by atoms with Crippen molar-refractivity contribution in [3.8, 4) is 0 Å². The highest BCUT2D eigenvalue weighted by atomic mass is 35.5. The highest BCUT2D eigenvalue weighted by Crippen LogP contribution is 2.42. The average molecular weight is 348 g/mol. The number of nitrogens with one attached hydrogen (secondary N) is 2. The van der Waals surface area contributed by atoms with Crippen LogP contribution < -0.4 is 10.6 Å². The third-order valence-electron chi connectivity index (χ3n) is 4.79. The molecule has 0 bridgehead atoms. The third kappa shape index (κ3) is 3.62. The number of nitrogens with zero attached hydrogens (tertiary/aromatic N) is 1. The van der Waals surface area contributed by atoms with E-state index in [0.29, 0.717) is 35.1 Å². The van der Waals surface area contributed by atoms with Crippen LogP contribution in [0.15, 0.2) is 34.9 Å². The van der Waals surface area contributed by atoms with E-state index in [2.05, 4.69) is 21.9 Å². The lowest BCUT2D eigenvalue weighted by molar-refractivity contribution is 0.102. The SMILES string of the molecule is Cc1cc(NC(=O)c2cccc(C3CC3NC3CCC3)c2)no1.Cl. The summed E-state index contributed by atoms with van der Waals surface area (Å²) in [5.74, 6) is 1.52. The van der Waals surface area contributed by atoms with Crippen LogP contribution in [0.3, 0.4) is 0 Å². The second kappa shape index (κ2) is 6.95. The largest absolute Gasteiger partial charge is 0.360 e. The van der Waals surface area contributed by atoms with Crippen molar-refractivity contribution in [2.75, 3.05) is 5.32 Å². The lowest BCUT2D eigenvalue weighted by Crippen LogP contribution is -2.37. The zero-order chi connectivity index (χ0) is 15.8. The monoisotopic (exact) mass is 347 g/mol. The van der Waals surface area contributed by atoms with Gasteiger partial charge in [0.2, 0.25) is 0 Å². The predicted molar refractivity (Wildman–Crippen MR) is 94.8 cm³/mol. The molecule has 128 valence electrons. The fraction of sp³-hybridized carbons (Fsp3) is 0.444. The van der Waals surface area contributed by atoms with E-state index in [4.69, 9.17) is 4.52 Å². The number of anilines is 1. The first-order valence-electron chi connectivity index (χ1n) is 8.30. The van der Waals surface area contributed by atoms with E-state index in [1.807, 2.05) is 18.2 Å². The standard InChI is InChI=1S/C18H21N3O2.ClH/c1-11-8-17(21-23-11)20-18(22)13-5-2-4-12(9-13)15-10-16(15)19-14-6-3-7-14;/h2,4-5,8-9,14-16,19H,3,6-7,10H2,1H3,(H,20,21,22);1H. The highest BCUT2D eigenvalue weighted by Gasteiger charge is 2.40. The van der Waals surface area contributed by atoms with Crippen LogP contribution >= 0.6 is 12.4 Å². The van der Waals surface area contributed by atoms with Crippen LogP contribution in [0, 0.1) is 6.92 Å². The van der Waals surface area contributed by atoms with Crippen molar-refractivity contribution in [3.05, 3.63) is 47.2 Å². The molecule has 2 saturated carbocycles. The molecule has 2 N–H and O–H groups in total. The normalized spacial score (nSPS) is 22.4. The minimum atomic E-state index is -0.149. The molecule has 2 aliphatic rings. The van der Waals surface area contributed by atoms with Crippen LogP contribution in [-0.4, -0.2) is 23.1 Å². The minimum absolute atomic E-state index is 0. The van der Waals surface area contributed by atoms with E-state index in [9.17, 15) is 4.79 Å². The van der Waals surface area contributed by atoms with Gasteiger partial charge in [0.05, 0.1) is 0 Å². The summed E-state index contributed by atoms with van der Waals surface area (Å²) in [6, 6.07) is 10.9. The Morgan fingerprint density at radius 1 is 1.29 bits per heavy atom. The maximum absolute atomic E-state index is 12.3. The van der Waals surface area contributed by atoms with Crippen molar-refractivity contribution in [2.24, 2.45) is 0 Å². The first-order valence-corrected chi connectivity index (χ1v) is 8.30. The van der Waals surface area contributed by atoms with Gasteiger partial charge in [0.1, 0.15) is 5.76 Å². The van der Waals surface area contributed by atoms with Crippen LogP contribution in [0.2, 0.25) is 0 Å². The Labute approximate surface area is 147 Å². The number of aryl methyl sites for hydroxylation is 1. The number of amides is 1. The molecule has 1 aromatic heterocycles. The summed E-state index contributed by atoms with van der Waals surface area (Å²) < 4.78 is 4.97. The Hall–Kier alpha value is -1.85. The lowest BCUT2D eigenvalue weighted by Gasteiger charge is -2.26. The molecule has 6 heteroatoms. The summed E-state index contributed by atoms with van der Waals surface area (Å²) >= 11 is 0. The number of rotatable bonds is 5. The predicted octanol–water partition coefficient (Wildman–Crippen LogP) is 3.66. The highest BCUT2D eigenvalue weighted by molar-refractivity contribution is 6.03. The molecule has 2 aliphatic carbocycles. The molecule has 2 fully saturated rings. The van der Waals surface area contributed by atoms with Crippen LogP contribution in [0.4, 0.5) is 5.82 Å². The Bertz CT molecular complexity index is 727. The number of carbonyl (C=O) groups is 1. The molecule has 0 spiro atoms. The quantitative estimate of drug-likeness (QED) is 0.866. The molecule has 2 atom stereocenters. The van der Waals surface area contributed by atoms with Gasteiger partial charge in [0, 0.05) is 29.6 Å². The smallest absolute Gasteiger partial charge is 0.256 e. The molecule has 0 saturated heterocycles. The van der Waals surface area contributed by atoms with E-state index in [1.165, 1.54) is 31.2 Å². The molecule has 24 heavy (non-hydrogen) atoms. The summed E-state index contributed by atoms with van der Waals surface area (Å²) in [5.41, 5.74) is 1.91. The van der Waals surface area contributed by atoms with Gasteiger partial charge in [-0.1, -0.05) is 23.7 Å². The molecule has 2 unspecified atom stereocenters. The van der Waals surface area contributed by atoms with Crippen LogP contribution in [-0.2, 0) is 0 Å². The number of halogens is 1. The van der Waals surface area contributed by atoms with E-state index >= 15 is 0 Å². The summed E-state index contributed by atoms with van der Waals surface area (Å²) in [7, 11) is 0. The fourth-order valence-electron chi connectivity index (χ4n) is 3.15. The van der Waals surface area contributed by atoms with Gasteiger partial charge in [-0.2, -0.15) is 0 Å². The van der Waals surface area contributed by atoms with Gasteiger partial charge in [-0.15, -0.1) is 12.4 Å². The molecule has 1 heterocycles. The van der Waals surface area contributed by atoms with Crippen molar-refractivity contribution in [3.63, 3.8) is 0 Å². The van der Waals surface area contributed by atoms with Gasteiger partial charge in [-0.25, -0.2) is 0 Å². The fourth-order valence-corrected chi connectivity index (χ4v) is 3.15. The Morgan fingerprint density at radius 2 is 2.12 bits per heavy atom. The second-order valence-electron chi connectivity index (χ2n) is 6.65. The summed E-state index contributed by atoms with van der Waals surface area (Å²) in [4.78, 5) is 12.3. The topological polar surface area (TPSA) is 67.2 Å². The number of hydrogen-bond acceptors (Lipinski definition) is 4. The van der Waals surface area contributed by atoms with E-state index in [0.717, 1.165) is 0 Å². The minimum Gasteiger partial charge on any atom is -0.360 e. The maximum atomic E-state index is 12.3. The number of aromatic nitrogens is 1. The van der Waals surface area contributed by atoms with E-state index < -0.39 is 0 Å². The van der Waals surface area contributed by atoms with Crippen LogP contribution in [0.1, 0.15) is 53.3 Å². The third-order valence-corrected chi connectivity index (χ3v) is 4.79. The molecular formula is C18H22ClN3O2. The summed E-state index contributed by atoms with van der Waals surface area (Å²) in [5, 5.41) is 10.3. The first-order chi connectivity index (χ1) is 11.2. The Balaban J connectivity index is 0.00000169. The molecule has 0 aliphatic heterocycles. The number of benzene rings is 1. The van der Waals surface area contributed by atoms with Gasteiger partial charge in [-0.3, -0.25) is 4.79 Å². The molecular weight excluding hydrogens is 326 g/mol. The molecule has 0 radical (unpaired) electrons. The Morgan fingerprint density at radius 3 is 2.79 bits per heavy atom. The molecule has 5 nitrogen and oxygen atoms in total. The van der Waals surface area contributed by atoms with Crippen molar-refractivity contribution in [2.45, 2.75) is 50.6 Å². The first kappa shape index (κ1) is 17.0. The van der Waals surface area contributed by atoms with Crippen molar-refractivity contribution >= 4 is 24.1 Å².